The van der Waals surface area contributed by atoms with E-state index in [1.165, 1.54) is 11.0 Å². The third-order valence-electron chi connectivity index (χ3n) is 2.03. The van der Waals surface area contributed by atoms with Gasteiger partial charge in [-0.1, -0.05) is 11.6 Å². The summed E-state index contributed by atoms with van der Waals surface area (Å²) in [6.07, 6.45) is 0. The molecule has 0 N–H and O–H groups in total. The molecule has 0 atom stereocenters. The number of rotatable bonds is 1. The summed E-state index contributed by atoms with van der Waals surface area (Å²) in [6.45, 7) is -0.799. The molecule has 0 amide bonds. The fourth-order valence-electron chi connectivity index (χ4n) is 1.33. The van der Waals surface area contributed by atoms with E-state index in [2.05, 4.69) is 10.2 Å². The van der Waals surface area contributed by atoms with Gasteiger partial charge in [-0.2, -0.15) is 5.26 Å². The smallest absolute Gasteiger partial charge is 0.282 e. The molecule has 4 nitrogen and oxygen atoms in total. The first-order valence-electron chi connectivity index (χ1n) is 4.08. The fourth-order valence-corrected chi connectivity index (χ4v) is 1.54. The van der Waals surface area contributed by atoms with Gasteiger partial charge in [0.2, 0.25) is 0 Å². The number of hydrogen-bond acceptors (Lipinski definition) is 4. The highest BCUT2D eigenvalue weighted by molar-refractivity contribution is 6.32. The van der Waals surface area contributed by atoms with Crippen molar-refractivity contribution in [3.63, 3.8) is 0 Å². The predicted molar refractivity (Wildman–Crippen MR) is 48.9 cm³/mol. The van der Waals surface area contributed by atoms with Gasteiger partial charge in [0.05, 0.1) is 18.8 Å². The van der Waals surface area contributed by atoms with Gasteiger partial charge in [0.25, 0.3) is 5.92 Å². The fraction of sp³-hybridized carbons (Fsp3) is 0.375. The molecular weight excluding hydrogens is 226 g/mol. The van der Waals surface area contributed by atoms with Crippen LogP contribution in [0.2, 0.25) is 5.15 Å². The molecule has 2 rings (SSSR count). The van der Waals surface area contributed by atoms with Gasteiger partial charge in [0.15, 0.2) is 10.8 Å². The van der Waals surface area contributed by atoms with Crippen LogP contribution in [0.3, 0.4) is 0 Å². The van der Waals surface area contributed by atoms with Crippen LogP contribution < -0.4 is 4.90 Å². The number of alkyl halides is 2. The summed E-state index contributed by atoms with van der Waals surface area (Å²) in [6, 6.07) is 3.12. The molecule has 1 aromatic heterocycles. The Morgan fingerprint density at radius 1 is 1.47 bits per heavy atom. The number of anilines is 1. The van der Waals surface area contributed by atoms with Crippen LogP contribution in [0.1, 0.15) is 5.69 Å². The second-order valence-corrected chi connectivity index (χ2v) is 3.59. The van der Waals surface area contributed by atoms with Gasteiger partial charge in [0.1, 0.15) is 6.07 Å². The highest BCUT2D eigenvalue weighted by atomic mass is 35.5. The third-order valence-corrected chi connectivity index (χ3v) is 2.30. The number of halogens is 3. The molecule has 0 aromatic carbocycles. The minimum absolute atomic E-state index is 0.0319. The topological polar surface area (TPSA) is 52.8 Å². The molecule has 1 aliphatic heterocycles. The summed E-state index contributed by atoms with van der Waals surface area (Å²) in [5, 5.41) is 15.6. The standard InChI is InChI=1S/C8H5ClF2N4/c9-7-6(1-5(2-12)13-14-7)15-3-8(10,11)4-15/h1H,3-4H2. The molecule has 0 aliphatic carbocycles. The SMILES string of the molecule is N#Cc1cc(N2CC(F)(F)C2)c(Cl)nn1. The summed E-state index contributed by atoms with van der Waals surface area (Å²) < 4.78 is 25.2. The first-order chi connectivity index (χ1) is 7.02. The van der Waals surface area contributed by atoms with Gasteiger partial charge < -0.3 is 4.90 Å². The second-order valence-electron chi connectivity index (χ2n) is 3.23. The zero-order valence-corrected chi connectivity index (χ0v) is 8.17. The number of nitrogens with zero attached hydrogens (tertiary/aromatic N) is 4. The summed E-state index contributed by atoms with van der Waals surface area (Å²) in [4.78, 5) is 1.36. The Balaban J connectivity index is 2.26. The van der Waals surface area contributed by atoms with Crippen LogP contribution in [-0.4, -0.2) is 29.2 Å². The van der Waals surface area contributed by atoms with Crippen LogP contribution in [0, 0.1) is 11.3 Å². The number of hydrogen-bond donors (Lipinski definition) is 0. The largest absolute Gasteiger partial charge is 0.357 e. The Morgan fingerprint density at radius 2 is 2.13 bits per heavy atom. The maximum atomic E-state index is 12.6. The number of aromatic nitrogens is 2. The Kier molecular flexibility index (Phi) is 2.20. The van der Waals surface area contributed by atoms with Crippen molar-refractivity contribution in [3.05, 3.63) is 16.9 Å². The van der Waals surface area contributed by atoms with Crippen molar-refractivity contribution < 1.29 is 8.78 Å². The lowest BCUT2D eigenvalue weighted by Crippen LogP contribution is -2.56. The lowest BCUT2D eigenvalue weighted by Gasteiger charge is -2.40. The lowest BCUT2D eigenvalue weighted by molar-refractivity contribution is -0.0262. The van der Waals surface area contributed by atoms with Crippen molar-refractivity contribution >= 4 is 17.3 Å². The molecule has 0 bridgehead atoms. The molecule has 0 unspecified atom stereocenters. The van der Waals surface area contributed by atoms with Crippen molar-refractivity contribution in [1.82, 2.24) is 10.2 Å². The minimum atomic E-state index is -2.68. The first-order valence-corrected chi connectivity index (χ1v) is 4.46. The van der Waals surface area contributed by atoms with Gasteiger partial charge in [-0.05, 0) is 0 Å². The first kappa shape index (κ1) is 10.1. The minimum Gasteiger partial charge on any atom is -0.357 e. The number of nitriles is 1. The molecule has 15 heavy (non-hydrogen) atoms. The molecule has 1 fully saturated rings. The maximum Gasteiger partial charge on any atom is 0.282 e. The quantitative estimate of drug-likeness (QED) is 0.733. The van der Waals surface area contributed by atoms with E-state index in [0.717, 1.165) is 0 Å². The van der Waals surface area contributed by atoms with E-state index in [0.29, 0.717) is 5.69 Å². The van der Waals surface area contributed by atoms with Crippen molar-refractivity contribution in [1.29, 1.82) is 5.26 Å². The van der Waals surface area contributed by atoms with E-state index in [4.69, 9.17) is 16.9 Å². The molecule has 1 aromatic rings. The zero-order chi connectivity index (χ0) is 11.1. The molecule has 78 valence electrons. The molecule has 0 spiro atoms. The lowest BCUT2D eigenvalue weighted by atomic mass is 10.1. The van der Waals surface area contributed by atoms with Crippen LogP contribution in [0.15, 0.2) is 6.07 Å². The van der Waals surface area contributed by atoms with E-state index < -0.39 is 19.0 Å². The average molecular weight is 231 g/mol. The summed E-state index contributed by atoms with van der Waals surface area (Å²) in [5.74, 6) is -2.68. The van der Waals surface area contributed by atoms with Gasteiger partial charge in [-0.3, -0.25) is 0 Å². The van der Waals surface area contributed by atoms with Crippen LogP contribution in [0.5, 0.6) is 0 Å². The van der Waals surface area contributed by atoms with Gasteiger partial charge >= 0.3 is 0 Å². The Hall–Kier alpha value is -1.48. The van der Waals surface area contributed by atoms with Gasteiger partial charge in [0, 0.05) is 6.07 Å². The molecular formula is C8H5ClF2N4. The van der Waals surface area contributed by atoms with Crippen molar-refractivity contribution in [2.45, 2.75) is 5.92 Å². The molecule has 7 heteroatoms. The van der Waals surface area contributed by atoms with E-state index in [-0.39, 0.29) is 10.8 Å². The summed E-state index contributed by atoms with van der Waals surface area (Å²) in [5.41, 5.74) is 0.388. The van der Waals surface area contributed by atoms with E-state index >= 15 is 0 Å². The van der Waals surface area contributed by atoms with E-state index in [9.17, 15) is 8.78 Å². The van der Waals surface area contributed by atoms with Crippen LogP contribution in [0.25, 0.3) is 0 Å². The molecule has 1 aliphatic rings. The third kappa shape index (κ3) is 1.83. The highest BCUT2D eigenvalue weighted by Gasteiger charge is 2.44. The van der Waals surface area contributed by atoms with Gasteiger partial charge in [-0.25, -0.2) is 8.78 Å². The Bertz CT molecular complexity index is 435. The monoisotopic (exact) mass is 230 g/mol. The normalized spacial score (nSPS) is 18.1. The molecule has 0 saturated carbocycles. The van der Waals surface area contributed by atoms with Gasteiger partial charge in [-0.15, -0.1) is 10.2 Å². The van der Waals surface area contributed by atoms with Crippen LogP contribution in [-0.2, 0) is 0 Å². The zero-order valence-electron chi connectivity index (χ0n) is 7.41. The Morgan fingerprint density at radius 3 is 2.67 bits per heavy atom. The molecule has 1 saturated heterocycles. The maximum absolute atomic E-state index is 12.6. The summed E-state index contributed by atoms with van der Waals surface area (Å²) >= 11 is 5.68. The van der Waals surface area contributed by atoms with E-state index in [1.54, 1.807) is 6.07 Å². The van der Waals surface area contributed by atoms with Crippen LogP contribution >= 0.6 is 11.6 Å². The molecule has 2 heterocycles. The van der Waals surface area contributed by atoms with Crippen LogP contribution in [0.4, 0.5) is 14.5 Å². The van der Waals surface area contributed by atoms with Crippen molar-refractivity contribution in [2.24, 2.45) is 0 Å². The predicted octanol–water partition coefficient (Wildman–Crippen LogP) is 1.46. The van der Waals surface area contributed by atoms with Crippen molar-refractivity contribution in [2.75, 3.05) is 18.0 Å². The van der Waals surface area contributed by atoms with E-state index in [1.807, 2.05) is 0 Å². The highest BCUT2D eigenvalue weighted by Crippen LogP contribution is 2.34. The van der Waals surface area contributed by atoms with Crippen molar-refractivity contribution in [3.8, 4) is 6.07 Å². The Labute approximate surface area is 89.1 Å². The molecule has 0 radical (unpaired) electrons. The average Bonchev–Trinajstić information content (AvgIpc) is 2.15. The second kappa shape index (κ2) is 3.28. The summed E-state index contributed by atoms with van der Waals surface area (Å²) in [7, 11) is 0.